The van der Waals surface area contributed by atoms with Gasteiger partial charge in [0.1, 0.15) is 0 Å². The predicted octanol–water partition coefficient (Wildman–Crippen LogP) is 3.22. The maximum atomic E-state index is 12.5. The molecular formula is C21H24F2N2O4. The summed E-state index contributed by atoms with van der Waals surface area (Å²) in [4.78, 5) is 23.8. The maximum Gasteiger partial charge on any atom is 0.387 e. The summed E-state index contributed by atoms with van der Waals surface area (Å²) >= 11 is 0. The topological polar surface area (TPSA) is 76.7 Å². The van der Waals surface area contributed by atoms with Crippen LogP contribution < -0.4 is 20.1 Å². The summed E-state index contributed by atoms with van der Waals surface area (Å²) in [5.41, 5.74) is 1.55. The SMILES string of the molecule is COc1ccc(CCNC(=O)CC(NC(C)=O)c2ccccc2)cc1OC(F)F. The smallest absolute Gasteiger partial charge is 0.387 e. The Bertz CT molecular complexity index is 816. The van der Waals surface area contributed by atoms with E-state index in [1.54, 1.807) is 6.07 Å². The van der Waals surface area contributed by atoms with Crippen molar-refractivity contribution in [2.45, 2.75) is 32.4 Å². The molecule has 2 N–H and O–H groups in total. The van der Waals surface area contributed by atoms with E-state index >= 15 is 0 Å². The van der Waals surface area contributed by atoms with Gasteiger partial charge in [-0.1, -0.05) is 36.4 Å². The van der Waals surface area contributed by atoms with E-state index in [4.69, 9.17) is 4.74 Å². The number of ether oxygens (including phenoxy) is 2. The van der Waals surface area contributed by atoms with Crippen LogP contribution in [0, 0.1) is 0 Å². The van der Waals surface area contributed by atoms with Crippen molar-refractivity contribution in [1.29, 1.82) is 0 Å². The van der Waals surface area contributed by atoms with E-state index in [-0.39, 0.29) is 29.7 Å². The minimum atomic E-state index is -2.96. The van der Waals surface area contributed by atoms with Gasteiger partial charge < -0.3 is 20.1 Å². The third-order valence-electron chi connectivity index (χ3n) is 4.15. The van der Waals surface area contributed by atoms with Gasteiger partial charge in [0.25, 0.3) is 0 Å². The summed E-state index contributed by atoms with van der Waals surface area (Å²) in [6, 6.07) is 13.5. The summed E-state index contributed by atoms with van der Waals surface area (Å²) in [6.07, 6.45) is 0.511. The lowest BCUT2D eigenvalue weighted by Gasteiger charge is -2.18. The first-order chi connectivity index (χ1) is 13.9. The van der Waals surface area contributed by atoms with Crippen LogP contribution in [0.5, 0.6) is 11.5 Å². The molecule has 6 nitrogen and oxygen atoms in total. The fraction of sp³-hybridized carbons (Fsp3) is 0.333. The third kappa shape index (κ3) is 7.40. The average Bonchev–Trinajstić information content (AvgIpc) is 2.67. The molecule has 2 amide bonds. The van der Waals surface area contributed by atoms with Gasteiger partial charge in [0.15, 0.2) is 11.5 Å². The second-order valence-corrected chi connectivity index (χ2v) is 6.33. The third-order valence-corrected chi connectivity index (χ3v) is 4.15. The van der Waals surface area contributed by atoms with Crippen LogP contribution >= 0.6 is 0 Å². The van der Waals surface area contributed by atoms with Gasteiger partial charge in [-0.3, -0.25) is 9.59 Å². The molecule has 0 aromatic heterocycles. The highest BCUT2D eigenvalue weighted by atomic mass is 19.3. The molecule has 29 heavy (non-hydrogen) atoms. The molecule has 0 bridgehead atoms. The first kappa shape index (κ1) is 22.1. The molecule has 0 aliphatic rings. The van der Waals surface area contributed by atoms with Gasteiger partial charge in [-0.2, -0.15) is 8.78 Å². The van der Waals surface area contributed by atoms with Crippen molar-refractivity contribution in [3.63, 3.8) is 0 Å². The Morgan fingerprint density at radius 3 is 2.41 bits per heavy atom. The Morgan fingerprint density at radius 2 is 1.79 bits per heavy atom. The van der Waals surface area contributed by atoms with Gasteiger partial charge >= 0.3 is 6.61 Å². The van der Waals surface area contributed by atoms with E-state index in [1.165, 1.54) is 26.2 Å². The normalized spacial score (nSPS) is 11.6. The standard InChI is InChI=1S/C21H24F2N2O4/c1-14(26)25-17(16-6-4-3-5-7-16)13-20(27)24-11-10-15-8-9-18(28-2)19(12-15)29-21(22)23/h3-9,12,17,21H,10-11,13H2,1-2H3,(H,24,27)(H,25,26). The van der Waals surface area contributed by atoms with Gasteiger partial charge in [0.2, 0.25) is 11.8 Å². The molecule has 0 saturated carbocycles. The Labute approximate surface area is 168 Å². The van der Waals surface area contributed by atoms with Gasteiger partial charge in [-0.15, -0.1) is 0 Å². The summed E-state index contributed by atoms with van der Waals surface area (Å²) < 4.78 is 34.5. The molecule has 2 aromatic carbocycles. The molecule has 0 radical (unpaired) electrons. The first-order valence-corrected chi connectivity index (χ1v) is 9.09. The van der Waals surface area contributed by atoms with Crippen LogP contribution in [0.3, 0.4) is 0 Å². The highest BCUT2D eigenvalue weighted by molar-refractivity contribution is 5.79. The summed E-state index contributed by atoms with van der Waals surface area (Å²) in [6.45, 7) is -1.25. The molecule has 8 heteroatoms. The molecule has 2 rings (SSSR count). The van der Waals surface area contributed by atoms with Crippen LogP contribution in [-0.4, -0.2) is 32.1 Å². The zero-order valence-corrected chi connectivity index (χ0v) is 16.3. The lowest BCUT2D eigenvalue weighted by atomic mass is 10.0. The quantitative estimate of drug-likeness (QED) is 0.635. The van der Waals surface area contributed by atoms with Crippen molar-refractivity contribution in [1.82, 2.24) is 10.6 Å². The van der Waals surface area contributed by atoms with Gasteiger partial charge in [0.05, 0.1) is 19.6 Å². The first-order valence-electron chi connectivity index (χ1n) is 9.09. The van der Waals surface area contributed by atoms with Crippen molar-refractivity contribution in [3.05, 3.63) is 59.7 Å². The molecule has 0 heterocycles. The second-order valence-electron chi connectivity index (χ2n) is 6.33. The van der Waals surface area contributed by atoms with Gasteiger partial charge in [0, 0.05) is 13.5 Å². The van der Waals surface area contributed by atoms with E-state index in [9.17, 15) is 18.4 Å². The number of carbonyl (C=O) groups is 2. The van der Waals surface area contributed by atoms with Crippen molar-refractivity contribution in [2.75, 3.05) is 13.7 Å². The van der Waals surface area contributed by atoms with Crippen molar-refractivity contribution in [2.24, 2.45) is 0 Å². The Hall–Kier alpha value is -3.16. The van der Waals surface area contributed by atoms with Crippen LogP contribution in [0.15, 0.2) is 48.5 Å². The number of amides is 2. The fourth-order valence-electron chi connectivity index (χ4n) is 2.85. The van der Waals surface area contributed by atoms with E-state index in [0.29, 0.717) is 18.5 Å². The second kappa shape index (κ2) is 11.0. The van der Waals surface area contributed by atoms with E-state index in [0.717, 1.165) is 5.56 Å². The minimum absolute atomic E-state index is 0.0545. The fourth-order valence-corrected chi connectivity index (χ4v) is 2.85. The molecular weight excluding hydrogens is 382 g/mol. The van der Waals surface area contributed by atoms with Crippen LogP contribution in [0.4, 0.5) is 8.78 Å². The average molecular weight is 406 g/mol. The number of hydrogen-bond acceptors (Lipinski definition) is 4. The summed E-state index contributed by atoms with van der Waals surface area (Å²) in [5.74, 6) is -0.304. The number of alkyl halides is 2. The Kier molecular flexibility index (Phi) is 8.39. The van der Waals surface area contributed by atoms with Crippen LogP contribution in [0.25, 0.3) is 0 Å². The molecule has 1 unspecified atom stereocenters. The number of nitrogens with one attached hydrogen (secondary N) is 2. The summed E-state index contributed by atoms with van der Waals surface area (Å²) in [5, 5.41) is 5.56. The van der Waals surface area contributed by atoms with Gasteiger partial charge in [-0.25, -0.2) is 0 Å². The van der Waals surface area contributed by atoms with Crippen molar-refractivity contribution in [3.8, 4) is 11.5 Å². The largest absolute Gasteiger partial charge is 0.493 e. The molecule has 0 fully saturated rings. The van der Waals surface area contributed by atoms with Gasteiger partial charge in [-0.05, 0) is 29.7 Å². The maximum absolute atomic E-state index is 12.5. The molecule has 0 aliphatic carbocycles. The molecule has 0 spiro atoms. The highest BCUT2D eigenvalue weighted by Gasteiger charge is 2.17. The van der Waals surface area contributed by atoms with Crippen LogP contribution in [0.1, 0.15) is 30.5 Å². The van der Waals surface area contributed by atoms with Crippen molar-refractivity contribution >= 4 is 11.8 Å². The molecule has 0 saturated heterocycles. The Morgan fingerprint density at radius 1 is 1.07 bits per heavy atom. The lowest BCUT2D eigenvalue weighted by molar-refractivity contribution is -0.122. The predicted molar refractivity (Wildman–Crippen MR) is 104 cm³/mol. The van der Waals surface area contributed by atoms with Crippen molar-refractivity contribution < 1.29 is 27.8 Å². The van der Waals surface area contributed by atoms with E-state index < -0.39 is 12.7 Å². The number of methoxy groups -OCH3 is 1. The molecule has 2 aromatic rings. The monoisotopic (exact) mass is 406 g/mol. The molecule has 0 aliphatic heterocycles. The molecule has 156 valence electrons. The zero-order valence-electron chi connectivity index (χ0n) is 16.3. The number of benzene rings is 2. The van der Waals surface area contributed by atoms with Crippen LogP contribution in [-0.2, 0) is 16.0 Å². The zero-order chi connectivity index (χ0) is 21.2. The number of rotatable bonds is 10. The van der Waals surface area contributed by atoms with Crippen LogP contribution in [0.2, 0.25) is 0 Å². The number of halogens is 2. The Balaban J connectivity index is 1.92. The number of hydrogen-bond donors (Lipinski definition) is 2. The molecule has 1 atom stereocenters. The van der Waals surface area contributed by atoms with E-state index in [2.05, 4.69) is 15.4 Å². The highest BCUT2D eigenvalue weighted by Crippen LogP contribution is 2.29. The summed E-state index contributed by atoms with van der Waals surface area (Å²) in [7, 11) is 1.37. The lowest BCUT2D eigenvalue weighted by Crippen LogP contribution is -2.33. The minimum Gasteiger partial charge on any atom is -0.493 e. The van der Waals surface area contributed by atoms with E-state index in [1.807, 2.05) is 30.3 Å². The number of carbonyl (C=O) groups excluding carboxylic acids is 2.